The second-order valence-electron chi connectivity index (χ2n) is 10.7. The van der Waals surface area contributed by atoms with Gasteiger partial charge in [-0.05, 0) is 101 Å². The first-order chi connectivity index (χ1) is 13.7. The van der Waals surface area contributed by atoms with Gasteiger partial charge >= 0.3 is 5.97 Å². The van der Waals surface area contributed by atoms with E-state index in [1.807, 2.05) is 0 Å². The molecular formula is C24H39NO4. The predicted molar refractivity (Wildman–Crippen MR) is 112 cm³/mol. The highest BCUT2D eigenvalue weighted by atomic mass is 16.5. The second-order valence-corrected chi connectivity index (χ2v) is 10.7. The molecule has 0 aromatic heterocycles. The standard InChI is InChI=1S/C24H39NO4/c1-4-23(27)12-9-16-15(14-23)6-7-18-17(16)8-11-22(3)19(18)10-13-24(22,28)20(25)21(26)29-5-2/h15-19,25,27-28H,4-14H2,1-3H3/t15-,16+,17-,18-,19+,22+,23-,24?/m1/s1. The second kappa shape index (κ2) is 7.33. The molecule has 164 valence electrons. The van der Waals surface area contributed by atoms with Crippen molar-refractivity contribution in [2.24, 2.45) is 35.0 Å². The van der Waals surface area contributed by atoms with Crippen LogP contribution in [0.25, 0.3) is 0 Å². The summed E-state index contributed by atoms with van der Waals surface area (Å²) < 4.78 is 5.07. The van der Waals surface area contributed by atoms with Gasteiger partial charge in [0, 0.05) is 5.41 Å². The Morgan fingerprint density at radius 3 is 2.41 bits per heavy atom. The zero-order valence-corrected chi connectivity index (χ0v) is 18.4. The number of hydrogen-bond acceptors (Lipinski definition) is 5. The fourth-order valence-electron chi connectivity index (χ4n) is 8.08. The molecule has 5 heteroatoms. The molecule has 4 aliphatic carbocycles. The Balaban J connectivity index is 1.54. The average molecular weight is 406 g/mol. The number of carbonyl (C=O) groups is 1. The number of rotatable bonds is 4. The lowest BCUT2D eigenvalue weighted by molar-refractivity contribution is -0.140. The summed E-state index contributed by atoms with van der Waals surface area (Å²) in [7, 11) is 0. The molecule has 0 aromatic carbocycles. The third kappa shape index (κ3) is 3.10. The van der Waals surface area contributed by atoms with Gasteiger partial charge in [-0.3, -0.25) is 5.41 Å². The monoisotopic (exact) mass is 405 g/mol. The molecule has 0 bridgehead atoms. The van der Waals surface area contributed by atoms with Crippen molar-refractivity contribution in [2.45, 2.75) is 96.2 Å². The Morgan fingerprint density at radius 2 is 1.72 bits per heavy atom. The quantitative estimate of drug-likeness (QED) is 0.485. The van der Waals surface area contributed by atoms with Gasteiger partial charge in [-0.2, -0.15) is 0 Å². The number of nitrogens with one attached hydrogen (secondary N) is 1. The van der Waals surface area contributed by atoms with Gasteiger partial charge in [-0.1, -0.05) is 13.8 Å². The van der Waals surface area contributed by atoms with E-state index in [2.05, 4.69) is 13.8 Å². The molecule has 4 aliphatic rings. The summed E-state index contributed by atoms with van der Waals surface area (Å²) in [6.07, 6.45) is 9.54. The topological polar surface area (TPSA) is 90.6 Å². The molecule has 0 aliphatic heterocycles. The molecule has 0 amide bonds. The number of fused-ring (bicyclic) bond motifs is 5. The summed E-state index contributed by atoms with van der Waals surface area (Å²) in [6, 6.07) is 0. The van der Waals surface area contributed by atoms with Crippen LogP contribution in [-0.4, -0.2) is 39.7 Å². The van der Waals surface area contributed by atoms with Crippen LogP contribution in [0.5, 0.6) is 0 Å². The zero-order chi connectivity index (χ0) is 21.0. The first-order valence-electron chi connectivity index (χ1n) is 11.9. The maximum atomic E-state index is 12.3. The first kappa shape index (κ1) is 21.3. The van der Waals surface area contributed by atoms with Crippen LogP contribution in [0, 0.1) is 40.4 Å². The Morgan fingerprint density at radius 1 is 1.00 bits per heavy atom. The summed E-state index contributed by atoms with van der Waals surface area (Å²) >= 11 is 0. The highest BCUT2D eigenvalue weighted by Gasteiger charge is 2.65. The van der Waals surface area contributed by atoms with Crippen LogP contribution in [0.2, 0.25) is 0 Å². The van der Waals surface area contributed by atoms with Crippen molar-refractivity contribution < 1.29 is 19.7 Å². The van der Waals surface area contributed by atoms with Crippen LogP contribution in [0.4, 0.5) is 0 Å². The molecule has 5 nitrogen and oxygen atoms in total. The van der Waals surface area contributed by atoms with Crippen molar-refractivity contribution >= 4 is 11.7 Å². The minimum atomic E-state index is -1.36. The fraction of sp³-hybridized carbons (Fsp3) is 0.917. The maximum Gasteiger partial charge on any atom is 0.355 e. The van der Waals surface area contributed by atoms with Crippen LogP contribution in [0.3, 0.4) is 0 Å². The minimum Gasteiger partial charge on any atom is -0.461 e. The molecule has 4 fully saturated rings. The van der Waals surface area contributed by atoms with E-state index in [4.69, 9.17) is 10.1 Å². The van der Waals surface area contributed by atoms with Gasteiger partial charge in [0.2, 0.25) is 0 Å². The highest BCUT2D eigenvalue weighted by molar-refractivity contribution is 6.38. The SMILES string of the molecule is CCOC(=O)C(=N)C1(O)CC[C@H]2[C@@H]3CC[C@@H]4C[C@@](O)(CC)CC[C@@H]4[C@H]3CC[C@@]21C. The van der Waals surface area contributed by atoms with E-state index in [1.54, 1.807) is 6.92 Å². The number of aliphatic hydroxyl groups is 2. The smallest absolute Gasteiger partial charge is 0.355 e. The van der Waals surface area contributed by atoms with Crippen molar-refractivity contribution in [1.29, 1.82) is 5.41 Å². The van der Waals surface area contributed by atoms with Crippen LogP contribution in [0.1, 0.15) is 85.0 Å². The van der Waals surface area contributed by atoms with Crippen molar-refractivity contribution in [1.82, 2.24) is 0 Å². The van der Waals surface area contributed by atoms with Gasteiger partial charge < -0.3 is 14.9 Å². The lowest BCUT2D eigenvalue weighted by Gasteiger charge is -2.58. The van der Waals surface area contributed by atoms with Gasteiger partial charge in [0.1, 0.15) is 11.3 Å². The average Bonchev–Trinajstić information content (AvgIpc) is 2.99. The third-order valence-corrected chi connectivity index (χ3v) is 9.81. The van der Waals surface area contributed by atoms with E-state index in [9.17, 15) is 15.0 Å². The molecule has 0 heterocycles. The van der Waals surface area contributed by atoms with E-state index in [-0.39, 0.29) is 12.3 Å². The lowest BCUT2D eigenvalue weighted by atomic mass is 9.48. The number of esters is 1. The van der Waals surface area contributed by atoms with Gasteiger partial charge in [0.05, 0.1) is 12.2 Å². The maximum absolute atomic E-state index is 12.3. The fourth-order valence-corrected chi connectivity index (χ4v) is 8.08. The van der Waals surface area contributed by atoms with Crippen LogP contribution in [-0.2, 0) is 9.53 Å². The van der Waals surface area contributed by atoms with Crippen LogP contribution in [0.15, 0.2) is 0 Å². The van der Waals surface area contributed by atoms with Gasteiger partial charge in [-0.25, -0.2) is 4.79 Å². The molecule has 4 rings (SSSR count). The van der Waals surface area contributed by atoms with Crippen LogP contribution < -0.4 is 0 Å². The number of hydrogen-bond donors (Lipinski definition) is 3. The van der Waals surface area contributed by atoms with Crippen molar-refractivity contribution in [3.63, 3.8) is 0 Å². The van der Waals surface area contributed by atoms with Crippen LogP contribution >= 0.6 is 0 Å². The molecule has 8 atom stereocenters. The number of ether oxygens (including phenoxy) is 1. The molecule has 4 saturated carbocycles. The molecule has 3 N–H and O–H groups in total. The number of carbonyl (C=O) groups excluding carboxylic acids is 1. The van der Waals surface area contributed by atoms with Gasteiger partial charge in [0.25, 0.3) is 0 Å². The van der Waals surface area contributed by atoms with Crippen molar-refractivity contribution in [3.05, 3.63) is 0 Å². The van der Waals surface area contributed by atoms with Crippen molar-refractivity contribution in [3.8, 4) is 0 Å². The Labute approximate surface area is 175 Å². The zero-order valence-electron chi connectivity index (χ0n) is 18.4. The predicted octanol–water partition coefficient (Wildman–Crippen LogP) is 4.09. The van der Waals surface area contributed by atoms with Gasteiger partial charge in [-0.15, -0.1) is 0 Å². The molecule has 0 spiro atoms. The van der Waals surface area contributed by atoms with E-state index < -0.39 is 22.6 Å². The molecule has 0 saturated heterocycles. The van der Waals surface area contributed by atoms with E-state index in [1.165, 1.54) is 6.42 Å². The summed E-state index contributed by atoms with van der Waals surface area (Å²) in [5.74, 6) is 2.29. The normalized spacial score (nSPS) is 48.9. The summed E-state index contributed by atoms with van der Waals surface area (Å²) in [5.41, 5.74) is -2.47. The third-order valence-electron chi connectivity index (χ3n) is 9.81. The summed E-state index contributed by atoms with van der Waals surface area (Å²) in [5, 5.41) is 30.8. The molecule has 1 unspecified atom stereocenters. The first-order valence-corrected chi connectivity index (χ1v) is 11.9. The largest absolute Gasteiger partial charge is 0.461 e. The Hall–Kier alpha value is -0.940. The minimum absolute atomic E-state index is 0.231. The summed E-state index contributed by atoms with van der Waals surface area (Å²) in [4.78, 5) is 12.3. The van der Waals surface area contributed by atoms with E-state index in [0.717, 1.165) is 51.4 Å². The van der Waals surface area contributed by atoms with E-state index in [0.29, 0.717) is 36.0 Å². The Kier molecular flexibility index (Phi) is 5.39. The summed E-state index contributed by atoms with van der Waals surface area (Å²) in [6.45, 7) is 6.20. The molecule has 0 radical (unpaired) electrons. The highest BCUT2D eigenvalue weighted by Crippen LogP contribution is 2.66. The molecule has 0 aromatic rings. The van der Waals surface area contributed by atoms with Crippen molar-refractivity contribution in [2.75, 3.05) is 6.61 Å². The molecular weight excluding hydrogens is 366 g/mol. The molecule has 29 heavy (non-hydrogen) atoms. The van der Waals surface area contributed by atoms with Gasteiger partial charge in [0.15, 0.2) is 0 Å². The lowest BCUT2D eigenvalue weighted by Crippen LogP contribution is -2.58. The van der Waals surface area contributed by atoms with E-state index >= 15 is 0 Å². The Bertz CT molecular complexity index is 680.